The molecule has 0 aliphatic carbocycles. The Hall–Kier alpha value is -7.19. The SMILES string of the molecule is c1ccc(-c2nc(-c3cccc4c3oc3ccc(-n5c6ccccc6c6c7sc8ccccc8c7ccc65)cc34)nc(-c3cccc4c3sc3ccccc34)n2)cc1. The largest absolute Gasteiger partial charge is 0.455 e. The summed E-state index contributed by atoms with van der Waals surface area (Å²) in [6.45, 7) is 0. The third kappa shape index (κ3) is 4.60. The standard InChI is InChI=1S/C51H28N4OS2/c1-2-12-29(13-3-1)49-52-50(54-51(53-49)38-20-11-18-34-31-14-5-8-22-43(31)57-47(34)38)37-19-10-17-33-39-28-30(24-27-42(39)56-46(33)37)55-40-21-7-4-16-36(40)45-41(55)26-25-35-32-15-6-9-23-44(32)58-48(35)45/h1-28H. The molecule has 0 fully saturated rings. The first kappa shape index (κ1) is 32.0. The predicted octanol–water partition coefficient (Wildman–Crippen LogP) is 14.6. The molecule has 5 heterocycles. The Bertz CT molecular complexity index is 3820. The van der Waals surface area contributed by atoms with Gasteiger partial charge in [0.15, 0.2) is 17.5 Å². The van der Waals surface area contributed by atoms with E-state index < -0.39 is 0 Å². The third-order valence-corrected chi connectivity index (χ3v) is 13.9. The highest BCUT2D eigenvalue weighted by atomic mass is 32.1. The molecule has 5 nitrogen and oxygen atoms in total. The van der Waals surface area contributed by atoms with E-state index in [1.165, 1.54) is 57.5 Å². The van der Waals surface area contributed by atoms with Gasteiger partial charge < -0.3 is 8.98 Å². The van der Waals surface area contributed by atoms with E-state index in [0.29, 0.717) is 17.5 Å². The molecule has 13 aromatic rings. The monoisotopic (exact) mass is 776 g/mol. The van der Waals surface area contributed by atoms with Crippen LogP contribution in [0.4, 0.5) is 0 Å². The number of hydrogen-bond donors (Lipinski definition) is 0. The van der Waals surface area contributed by atoms with E-state index in [0.717, 1.165) is 49.0 Å². The minimum Gasteiger partial charge on any atom is -0.455 e. The van der Waals surface area contributed by atoms with Gasteiger partial charge in [-0.3, -0.25) is 0 Å². The Morgan fingerprint density at radius 1 is 0.414 bits per heavy atom. The number of thiophene rings is 2. The van der Waals surface area contributed by atoms with E-state index >= 15 is 0 Å². The molecule has 0 saturated carbocycles. The molecule has 7 heteroatoms. The molecule has 0 aliphatic rings. The smallest absolute Gasteiger partial charge is 0.167 e. The van der Waals surface area contributed by atoms with Crippen molar-refractivity contribution in [2.75, 3.05) is 0 Å². The highest BCUT2D eigenvalue weighted by molar-refractivity contribution is 7.27. The van der Waals surface area contributed by atoms with Crippen LogP contribution in [0, 0.1) is 0 Å². The van der Waals surface area contributed by atoms with Gasteiger partial charge in [0, 0.05) is 78.7 Å². The van der Waals surface area contributed by atoms with Crippen LogP contribution in [-0.2, 0) is 0 Å². The van der Waals surface area contributed by atoms with Gasteiger partial charge in [0.25, 0.3) is 0 Å². The fourth-order valence-electron chi connectivity index (χ4n) is 8.87. The Balaban J connectivity index is 1.02. The summed E-state index contributed by atoms with van der Waals surface area (Å²) in [7, 11) is 0. The predicted molar refractivity (Wildman–Crippen MR) is 244 cm³/mol. The molecule has 13 rings (SSSR count). The van der Waals surface area contributed by atoms with E-state index in [4.69, 9.17) is 19.4 Å². The fourth-order valence-corrected chi connectivity index (χ4v) is 11.3. The van der Waals surface area contributed by atoms with Gasteiger partial charge in [-0.2, -0.15) is 0 Å². The lowest BCUT2D eigenvalue weighted by Crippen LogP contribution is -2.00. The average Bonchev–Trinajstić information content (AvgIpc) is 4.05. The lowest BCUT2D eigenvalue weighted by atomic mass is 10.1. The van der Waals surface area contributed by atoms with Gasteiger partial charge in [-0.1, -0.05) is 115 Å². The molecule has 0 aliphatic heterocycles. The van der Waals surface area contributed by atoms with Crippen molar-refractivity contribution >= 4 is 107 Å². The zero-order valence-corrected chi connectivity index (χ0v) is 32.3. The molecule has 0 spiro atoms. The van der Waals surface area contributed by atoms with Crippen LogP contribution in [0.25, 0.3) is 124 Å². The van der Waals surface area contributed by atoms with E-state index in [1.54, 1.807) is 11.3 Å². The van der Waals surface area contributed by atoms with Crippen LogP contribution >= 0.6 is 22.7 Å². The van der Waals surface area contributed by atoms with Crippen molar-refractivity contribution in [1.29, 1.82) is 0 Å². The quantitative estimate of drug-likeness (QED) is 0.179. The molecular formula is C51H28N4OS2. The number of fused-ring (bicyclic) bond motifs is 13. The molecule has 0 bridgehead atoms. The Morgan fingerprint density at radius 3 is 1.84 bits per heavy atom. The molecule has 0 amide bonds. The molecule has 0 N–H and O–H groups in total. The summed E-state index contributed by atoms with van der Waals surface area (Å²) in [6.07, 6.45) is 0. The molecule has 5 aromatic heterocycles. The highest BCUT2D eigenvalue weighted by Crippen LogP contribution is 2.45. The average molecular weight is 777 g/mol. The molecule has 8 aromatic carbocycles. The molecule has 0 saturated heterocycles. The van der Waals surface area contributed by atoms with E-state index in [1.807, 2.05) is 41.7 Å². The Kier molecular flexibility index (Phi) is 6.70. The van der Waals surface area contributed by atoms with E-state index in [9.17, 15) is 0 Å². The number of hydrogen-bond acceptors (Lipinski definition) is 6. The van der Waals surface area contributed by atoms with Gasteiger partial charge in [0.05, 0.1) is 16.6 Å². The van der Waals surface area contributed by atoms with Crippen molar-refractivity contribution in [1.82, 2.24) is 19.5 Å². The van der Waals surface area contributed by atoms with Crippen LogP contribution in [0.3, 0.4) is 0 Å². The molecule has 270 valence electrons. The van der Waals surface area contributed by atoms with Crippen LogP contribution in [0.15, 0.2) is 174 Å². The second kappa shape index (κ2) is 12.2. The maximum Gasteiger partial charge on any atom is 0.167 e. The summed E-state index contributed by atoms with van der Waals surface area (Å²) in [5.41, 5.74) is 7.74. The summed E-state index contributed by atoms with van der Waals surface area (Å²) in [4.78, 5) is 15.5. The van der Waals surface area contributed by atoms with Crippen LogP contribution in [0.5, 0.6) is 0 Å². The zero-order valence-electron chi connectivity index (χ0n) is 30.7. The lowest BCUT2D eigenvalue weighted by Gasteiger charge is -2.09. The van der Waals surface area contributed by atoms with Gasteiger partial charge in [0.1, 0.15) is 11.2 Å². The Labute approximate surface area is 338 Å². The highest BCUT2D eigenvalue weighted by Gasteiger charge is 2.22. The normalized spacial score (nSPS) is 12.1. The fraction of sp³-hybridized carbons (Fsp3) is 0. The maximum absolute atomic E-state index is 6.77. The first-order valence-electron chi connectivity index (χ1n) is 19.3. The van der Waals surface area contributed by atoms with Crippen molar-refractivity contribution in [3.8, 4) is 39.9 Å². The van der Waals surface area contributed by atoms with Crippen LogP contribution in [0.2, 0.25) is 0 Å². The van der Waals surface area contributed by atoms with Crippen molar-refractivity contribution < 1.29 is 4.42 Å². The second-order valence-corrected chi connectivity index (χ2v) is 16.8. The number of rotatable bonds is 4. The van der Waals surface area contributed by atoms with Crippen molar-refractivity contribution in [3.05, 3.63) is 170 Å². The summed E-state index contributed by atoms with van der Waals surface area (Å²) < 4.78 is 14.2. The van der Waals surface area contributed by atoms with Gasteiger partial charge in [-0.15, -0.1) is 22.7 Å². The van der Waals surface area contributed by atoms with Gasteiger partial charge in [0.2, 0.25) is 0 Å². The minimum absolute atomic E-state index is 0.571. The van der Waals surface area contributed by atoms with Gasteiger partial charge in [-0.25, -0.2) is 15.0 Å². The third-order valence-electron chi connectivity index (χ3n) is 11.5. The van der Waals surface area contributed by atoms with Crippen molar-refractivity contribution in [2.24, 2.45) is 0 Å². The van der Waals surface area contributed by atoms with Crippen molar-refractivity contribution in [3.63, 3.8) is 0 Å². The second-order valence-electron chi connectivity index (χ2n) is 14.7. The van der Waals surface area contributed by atoms with Crippen LogP contribution in [0.1, 0.15) is 0 Å². The molecular weight excluding hydrogens is 749 g/mol. The molecule has 0 atom stereocenters. The summed E-state index contributed by atoms with van der Waals surface area (Å²) in [5, 5.41) is 9.64. The first-order chi connectivity index (χ1) is 28.7. The van der Waals surface area contributed by atoms with E-state index in [-0.39, 0.29) is 0 Å². The number of nitrogens with zero attached hydrogens (tertiary/aromatic N) is 4. The molecule has 0 unspecified atom stereocenters. The molecule has 0 radical (unpaired) electrons. The van der Waals surface area contributed by atoms with Crippen LogP contribution < -0.4 is 0 Å². The number of furan rings is 1. The maximum atomic E-state index is 6.77. The molecule has 58 heavy (non-hydrogen) atoms. The van der Waals surface area contributed by atoms with E-state index in [2.05, 4.69) is 144 Å². The number of benzene rings is 8. The summed E-state index contributed by atoms with van der Waals surface area (Å²) in [5.74, 6) is 1.82. The summed E-state index contributed by atoms with van der Waals surface area (Å²) in [6, 6.07) is 60.0. The summed E-state index contributed by atoms with van der Waals surface area (Å²) >= 11 is 3.65. The lowest BCUT2D eigenvalue weighted by molar-refractivity contribution is 0.669. The van der Waals surface area contributed by atoms with Crippen molar-refractivity contribution in [2.45, 2.75) is 0 Å². The zero-order chi connectivity index (χ0) is 37.9. The topological polar surface area (TPSA) is 56.7 Å². The number of aromatic nitrogens is 4. The minimum atomic E-state index is 0.571. The van der Waals surface area contributed by atoms with Gasteiger partial charge >= 0.3 is 0 Å². The Morgan fingerprint density at radius 2 is 1.03 bits per heavy atom. The van der Waals surface area contributed by atoms with Gasteiger partial charge in [-0.05, 0) is 54.6 Å². The van der Waals surface area contributed by atoms with Crippen LogP contribution in [-0.4, -0.2) is 19.5 Å². The first-order valence-corrected chi connectivity index (χ1v) is 20.9. The number of para-hydroxylation sites is 2.